The second kappa shape index (κ2) is 7.40. The molecule has 0 aliphatic carbocycles. The quantitative estimate of drug-likeness (QED) is 0.404. The van der Waals surface area contributed by atoms with Crippen molar-refractivity contribution in [1.29, 1.82) is 0 Å². The van der Waals surface area contributed by atoms with Gasteiger partial charge >= 0.3 is 0 Å². The standard InChI is InChI=1S/C26H24N2/c1-17-7-5-9-21(11-17)23-13-19(3)15-25(27-23)26-16-20(4)14-24(28-26)22-10-6-8-18(2)12-22/h5-16H,1-4H3. The average molecular weight is 364 g/mol. The Kier molecular flexibility index (Phi) is 4.79. The fraction of sp³-hybridized carbons (Fsp3) is 0.154. The molecule has 0 unspecified atom stereocenters. The van der Waals surface area contributed by atoms with Gasteiger partial charge in [0.15, 0.2) is 0 Å². The highest BCUT2D eigenvalue weighted by Gasteiger charge is 2.10. The lowest BCUT2D eigenvalue weighted by Gasteiger charge is -2.10. The first kappa shape index (κ1) is 18.1. The summed E-state index contributed by atoms with van der Waals surface area (Å²) >= 11 is 0. The van der Waals surface area contributed by atoms with E-state index in [0.717, 1.165) is 33.9 Å². The Labute approximate surface area is 167 Å². The van der Waals surface area contributed by atoms with Crippen molar-refractivity contribution in [2.75, 3.05) is 0 Å². The van der Waals surface area contributed by atoms with Crippen LogP contribution in [0, 0.1) is 27.7 Å². The first-order valence-electron chi connectivity index (χ1n) is 9.60. The Bertz CT molecular complexity index is 1070. The molecule has 0 amide bonds. The monoisotopic (exact) mass is 364 g/mol. The summed E-state index contributed by atoms with van der Waals surface area (Å²) in [5.74, 6) is 0. The molecule has 2 aromatic carbocycles. The number of hydrogen-bond donors (Lipinski definition) is 0. The SMILES string of the molecule is Cc1cccc(-c2cc(C)cc(-c3cc(C)cc(-c4cccc(C)c4)n3)n2)c1. The van der Waals surface area contributed by atoms with E-state index in [-0.39, 0.29) is 0 Å². The van der Waals surface area contributed by atoms with E-state index in [1.54, 1.807) is 0 Å². The molecule has 2 heterocycles. The van der Waals surface area contributed by atoms with Gasteiger partial charge in [0.1, 0.15) is 0 Å². The fourth-order valence-electron chi connectivity index (χ4n) is 3.50. The molecule has 0 N–H and O–H groups in total. The molecule has 0 aliphatic heterocycles. The zero-order valence-electron chi connectivity index (χ0n) is 16.8. The van der Waals surface area contributed by atoms with Crippen LogP contribution in [0.15, 0.2) is 72.8 Å². The highest BCUT2D eigenvalue weighted by molar-refractivity contribution is 5.69. The van der Waals surface area contributed by atoms with Gasteiger partial charge in [0.05, 0.1) is 22.8 Å². The van der Waals surface area contributed by atoms with Gasteiger partial charge in [-0.3, -0.25) is 0 Å². The number of aryl methyl sites for hydroxylation is 4. The predicted octanol–water partition coefficient (Wildman–Crippen LogP) is 6.71. The number of rotatable bonds is 3. The Morgan fingerprint density at radius 2 is 0.821 bits per heavy atom. The number of benzene rings is 2. The number of aromatic nitrogens is 2. The topological polar surface area (TPSA) is 25.8 Å². The maximum atomic E-state index is 4.95. The zero-order chi connectivity index (χ0) is 19.7. The molecule has 0 saturated heterocycles. The van der Waals surface area contributed by atoms with E-state index in [4.69, 9.17) is 9.97 Å². The smallest absolute Gasteiger partial charge is 0.0896 e. The van der Waals surface area contributed by atoms with Gasteiger partial charge in [0.2, 0.25) is 0 Å². The zero-order valence-corrected chi connectivity index (χ0v) is 16.8. The summed E-state index contributed by atoms with van der Waals surface area (Å²) in [5.41, 5.74) is 10.9. The van der Waals surface area contributed by atoms with E-state index in [1.807, 2.05) is 0 Å². The van der Waals surface area contributed by atoms with Crippen molar-refractivity contribution in [2.24, 2.45) is 0 Å². The van der Waals surface area contributed by atoms with Crippen LogP contribution in [0.1, 0.15) is 22.3 Å². The van der Waals surface area contributed by atoms with Crippen molar-refractivity contribution in [3.05, 3.63) is 95.1 Å². The van der Waals surface area contributed by atoms with E-state index in [0.29, 0.717) is 0 Å². The number of hydrogen-bond acceptors (Lipinski definition) is 2. The largest absolute Gasteiger partial charge is 0.246 e. The van der Waals surface area contributed by atoms with E-state index < -0.39 is 0 Å². The molecule has 4 rings (SSSR count). The summed E-state index contributed by atoms with van der Waals surface area (Å²) in [6.45, 7) is 8.44. The third-order valence-corrected chi connectivity index (χ3v) is 4.83. The van der Waals surface area contributed by atoms with Crippen LogP contribution in [0.3, 0.4) is 0 Å². The second-order valence-corrected chi connectivity index (χ2v) is 7.57. The van der Waals surface area contributed by atoms with Crippen LogP contribution >= 0.6 is 0 Å². The molecule has 28 heavy (non-hydrogen) atoms. The molecule has 0 aliphatic rings. The van der Waals surface area contributed by atoms with Crippen molar-refractivity contribution >= 4 is 0 Å². The van der Waals surface area contributed by atoms with Crippen LogP contribution in [-0.4, -0.2) is 9.97 Å². The molecule has 4 aromatic rings. The van der Waals surface area contributed by atoms with Crippen molar-refractivity contribution < 1.29 is 0 Å². The maximum absolute atomic E-state index is 4.95. The normalized spacial score (nSPS) is 10.9. The van der Waals surface area contributed by atoms with Gasteiger partial charge in [-0.05, 0) is 75.2 Å². The molecule has 0 spiro atoms. The molecular weight excluding hydrogens is 340 g/mol. The molecule has 0 saturated carbocycles. The van der Waals surface area contributed by atoms with Crippen LogP contribution in [0.5, 0.6) is 0 Å². The number of nitrogens with zero attached hydrogens (tertiary/aromatic N) is 2. The van der Waals surface area contributed by atoms with Gasteiger partial charge in [-0.1, -0.05) is 47.5 Å². The van der Waals surface area contributed by atoms with E-state index in [2.05, 4.69) is 100 Å². The Balaban J connectivity index is 1.83. The van der Waals surface area contributed by atoms with Crippen LogP contribution in [0.4, 0.5) is 0 Å². The van der Waals surface area contributed by atoms with Crippen LogP contribution in [0.2, 0.25) is 0 Å². The molecule has 2 aromatic heterocycles. The first-order valence-corrected chi connectivity index (χ1v) is 9.60. The Hall–Kier alpha value is -3.26. The Morgan fingerprint density at radius 3 is 1.21 bits per heavy atom. The van der Waals surface area contributed by atoms with E-state index in [1.165, 1.54) is 22.3 Å². The minimum atomic E-state index is 0.911. The minimum Gasteiger partial charge on any atom is -0.246 e. The highest BCUT2D eigenvalue weighted by atomic mass is 14.8. The molecule has 0 radical (unpaired) electrons. The number of pyridine rings is 2. The fourth-order valence-corrected chi connectivity index (χ4v) is 3.50. The van der Waals surface area contributed by atoms with Crippen molar-refractivity contribution in [3.63, 3.8) is 0 Å². The van der Waals surface area contributed by atoms with Gasteiger partial charge in [0, 0.05) is 11.1 Å². The van der Waals surface area contributed by atoms with Gasteiger partial charge < -0.3 is 0 Å². The summed E-state index contributed by atoms with van der Waals surface area (Å²) in [5, 5.41) is 0. The van der Waals surface area contributed by atoms with Crippen molar-refractivity contribution in [1.82, 2.24) is 9.97 Å². The van der Waals surface area contributed by atoms with Crippen LogP contribution < -0.4 is 0 Å². The van der Waals surface area contributed by atoms with Crippen LogP contribution in [0.25, 0.3) is 33.9 Å². The molecule has 0 fully saturated rings. The van der Waals surface area contributed by atoms with Crippen molar-refractivity contribution in [2.45, 2.75) is 27.7 Å². The first-order chi connectivity index (χ1) is 13.5. The molecule has 2 nitrogen and oxygen atoms in total. The Morgan fingerprint density at radius 1 is 0.429 bits per heavy atom. The summed E-state index contributed by atoms with van der Waals surface area (Å²) in [6, 6.07) is 25.4. The lowest BCUT2D eigenvalue weighted by atomic mass is 10.0. The van der Waals surface area contributed by atoms with E-state index in [9.17, 15) is 0 Å². The summed E-state index contributed by atoms with van der Waals surface area (Å²) < 4.78 is 0. The summed E-state index contributed by atoms with van der Waals surface area (Å²) in [4.78, 5) is 9.89. The lowest BCUT2D eigenvalue weighted by molar-refractivity contribution is 1.21. The second-order valence-electron chi connectivity index (χ2n) is 7.57. The predicted molar refractivity (Wildman–Crippen MR) is 117 cm³/mol. The highest BCUT2D eigenvalue weighted by Crippen LogP contribution is 2.27. The summed E-state index contributed by atoms with van der Waals surface area (Å²) in [6.07, 6.45) is 0. The average Bonchev–Trinajstić information content (AvgIpc) is 2.67. The van der Waals surface area contributed by atoms with Crippen molar-refractivity contribution in [3.8, 4) is 33.9 Å². The molecule has 0 bridgehead atoms. The van der Waals surface area contributed by atoms with E-state index >= 15 is 0 Å². The van der Waals surface area contributed by atoms with Gasteiger partial charge in [-0.15, -0.1) is 0 Å². The third kappa shape index (κ3) is 3.86. The third-order valence-electron chi connectivity index (χ3n) is 4.83. The molecule has 0 atom stereocenters. The molecule has 138 valence electrons. The molecular formula is C26H24N2. The van der Waals surface area contributed by atoms with Gasteiger partial charge in [0.25, 0.3) is 0 Å². The van der Waals surface area contributed by atoms with Gasteiger partial charge in [-0.2, -0.15) is 0 Å². The van der Waals surface area contributed by atoms with Crippen LogP contribution in [-0.2, 0) is 0 Å². The summed E-state index contributed by atoms with van der Waals surface area (Å²) in [7, 11) is 0. The molecule has 2 heteroatoms. The maximum Gasteiger partial charge on any atom is 0.0896 e. The minimum absolute atomic E-state index is 0.911. The lowest BCUT2D eigenvalue weighted by Crippen LogP contribution is -1.95. The van der Waals surface area contributed by atoms with Gasteiger partial charge in [-0.25, -0.2) is 9.97 Å².